The average molecular weight is 403 g/mol. The van der Waals surface area contributed by atoms with E-state index in [2.05, 4.69) is 15.4 Å². The molecule has 2 amide bonds. The van der Waals surface area contributed by atoms with Gasteiger partial charge in [-0.05, 0) is 11.4 Å². The molecule has 1 aliphatic heterocycles. The normalized spacial score (nSPS) is 13.3. The number of ether oxygens (including phenoxy) is 1. The minimum absolute atomic E-state index is 0.122. The molecule has 0 aromatic carbocycles. The maximum Gasteiger partial charge on any atom is 0.261 e. The van der Waals surface area contributed by atoms with E-state index in [4.69, 9.17) is 4.74 Å². The van der Waals surface area contributed by atoms with Crippen molar-refractivity contribution in [1.82, 2.24) is 19.7 Å². The van der Waals surface area contributed by atoms with Crippen molar-refractivity contribution in [2.45, 2.75) is 13.0 Å². The Labute approximate surface area is 163 Å². The Bertz CT molecular complexity index is 993. The predicted molar refractivity (Wildman–Crippen MR) is 103 cm³/mol. The number of hydrogen-bond acceptors (Lipinski definition) is 7. The van der Waals surface area contributed by atoms with Crippen LogP contribution in [0.1, 0.15) is 31.3 Å². The number of thiazole rings is 1. The fourth-order valence-electron chi connectivity index (χ4n) is 2.92. The molecule has 0 fully saturated rings. The van der Waals surface area contributed by atoms with E-state index in [1.807, 2.05) is 5.38 Å². The van der Waals surface area contributed by atoms with Crippen LogP contribution in [-0.4, -0.2) is 45.1 Å². The highest BCUT2D eigenvalue weighted by molar-refractivity contribution is 7.16. The Morgan fingerprint density at radius 2 is 2.22 bits per heavy atom. The van der Waals surface area contributed by atoms with Crippen molar-refractivity contribution in [3.05, 3.63) is 44.7 Å². The zero-order chi connectivity index (χ0) is 19.0. The second kappa shape index (κ2) is 7.12. The van der Waals surface area contributed by atoms with Crippen molar-refractivity contribution in [1.29, 1.82) is 0 Å². The molecule has 140 valence electrons. The summed E-state index contributed by atoms with van der Waals surface area (Å²) in [6.45, 7) is 1.02. The number of carbonyl (C=O) groups is 2. The van der Waals surface area contributed by atoms with Gasteiger partial charge in [0.1, 0.15) is 5.56 Å². The molecule has 0 radical (unpaired) electrons. The lowest BCUT2D eigenvalue weighted by molar-refractivity contribution is 0.0732. The van der Waals surface area contributed by atoms with Gasteiger partial charge in [-0.3, -0.25) is 19.6 Å². The third kappa shape index (κ3) is 3.45. The van der Waals surface area contributed by atoms with Crippen LogP contribution in [0.2, 0.25) is 0 Å². The SMILES string of the molecule is COc1nn(C)cc1C(=O)N1CCc2nc(NC(=O)c3ccsc3)sc2C1. The van der Waals surface area contributed by atoms with Crippen LogP contribution in [-0.2, 0) is 20.0 Å². The molecule has 1 N–H and O–H groups in total. The first kappa shape index (κ1) is 17.7. The number of thiophene rings is 1. The highest BCUT2D eigenvalue weighted by Crippen LogP contribution is 2.30. The molecule has 0 spiro atoms. The molecule has 8 nitrogen and oxygen atoms in total. The number of carbonyl (C=O) groups excluding carboxylic acids is 2. The van der Waals surface area contributed by atoms with Crippen LogP contribution in [0, 0.1) is 0 Å². The van der Waals surface area contributed by atoms with Gasteiger partial charge in [-0.25, -0.2) is 4.98 Å². The molecule has 4 rings (SSSR count). The van der Waals surface area contributed by atoms with Gasteiger partial charge in [-0.2, -0.15) is 11.3 Å². The lowest BCUT2D eigenvalue weighted by atomic mass is 10.1. The van der Waals surface area contributed by atoms with Crippen molar-refractivity contribution in [2.24, 2.45) is 7.05 Å². The summed E-state index contributed by atoms with van der Waals surface area (Å²) in [6.07, 6.45) is 2.31. The maximum absolute atomic E-state index is 12.9. The molecule has 0 saturated heterocycles. The van der Waals surface area contributed by atoms with Gasteiger partial charge in [0.15, 0.2) is 5.13 Å². The minimum atomic E-state index is -0.171. The fraction of sp³-hybridized carbons (Fsp3) is 0.294. The number of hydrogen-bond donors (Lipinski definition) is 1. The van der Waals surface area contributed by atoms with E-state index in [0.29, 0.717) is 41.6 Å². The van der Waals surface area contributed by atoms with Gasteiger partial charge in [-0.1, -0.05) is 11.3 Å². The summed E-state index contributed by atoms with van der Waals surface area (Å²) < 4.78 is 6.76. The molecular formula is C17H17N5O3S2. The van der Waals surface area contributed by atoms with Crippen molar-refractivity contribution in [3.8, 4) is 5.88 Å². The molecule has 0 bridgehead atoms. The lowest BCUT2D eigenvalue weighted by Crippen LogP contribution is -2.35. The number of aromatic nitrogens is 3. The number of rotatable bonds is 4. The first-order chi connectivity index (χ1) is 13.0. The van der Waals surface area contributed by atoms with Crippen LogP contribution in [0.15, 0.2) is 23.0 Å². The maximum atomic E-state index is 12.9. The first-order valence-electron chi connectivity index (χ1n) is 8.24. The Kier molecular flexibility index (Phi) is 4.66. The van der Waals surface area contributed by atoms with E-state index in [9.17, 15) is 9.59 Å². The Morgan fingerprint density at radius 1 is 1.37 bits per heavy atom. The number of amides is 2. The van der Waals surface area contributed by atoms with E-state index in [0.717, 1.165) is 10.6 Å². The van der Waals surface area contributed by atoms with Crippen LogP contribution in [0.4, 0.5) is 5.13 Å². The van der Waals surface area contributed by atoms with Crippen LogP contribution in [0.25, 0.3) is 0 Å². The highest BCUT2D eigenvalue weighted by atomic mass is 32.1. The molecule has 3 aromatic rings. The van der Waals surface area contributed by atoms with Gasteiger partial charge in [0.25, 0.3) is 11.8 Å². The zero-order valence-corrected chi connectivity index (χ0v) is 16.4. The van der Waals surface area contributed by atoms with Crippen molar-refractivity contribution in [2.75, 3.05) is 19.0 Å². The van der Waals surface area contributed by atoms with Gasteiger partial charge in [0.2, 0.25) is 5.88 Å². The largest absolute Gasteiger partial charge is 0.479 e. The Balaban J connectivity index is 1.49. The first-order valence-corrected chi connectivity index (χ1v) is 10.00. The number of methoxy groups -OCH3 is 1. The molecule has 0 atom stereocenters. The number of aryl methyl sites for hydroxylation is 1. The van der Waals surface area contributed by atoms with Crippen LogP contribution >= 0.6 is 22.7 Å². The smallest absolute Gasteiger partial charge is 0.261 e. The third-order valence-corrected chi connectivity index (χ3v) is 5.92. The molecule has 0 saturated carbocycles. The minimum Gasteiger partial charge on any atom is -0.479 e. The average Bonchev–Trinajstić information content (AvgIpc) is 3.39. The van der Waals surface area contributed by atoms with Crippen LogP contribution < -0.4 is 10.1 Å². The third-order valence-electron chi connectivity index (χ3n) is 4.24. The molecule has 0 aliphatic carbocycles. The molecule has 1 aliphatic rings. The molecular weight excluding hydrogens is 386 g/mol. The summed E-state index contributed by atoms with van der Waals surface area (Å²) in [5.74, 6) is 0.0274. The summed E-state index contributed by atoms with van der Waals surface area (Å²) in [7, 11) is 3.25. The summed E-state index contributed by atoms with van der Waals surface area (Å²) in [4.78, 5) is 32.3. The van der Waals surface area contributed by atoms with Crippen LogP contribution in [0.3, 0.4) is 0 Å². The lowest BCUT2D eigenvalue weighted by Gasteiger charge is -2.25. The quantitative estimate of drug-likeness (QED) is 0.723. The van der Waals surface area contributed by atoms with E-state index in [1.165, 1.54) is 29.8 Å². The summed E-state index contributed by atoms with van der Waals surface area (Å²) in [5.41, 5.74) is 2.00. The molecule has 10 heteroatoms. The summed E-state index contributed by atoms with van der Waals surface area (Å²) in [5, 5.41) is 11.2. The zero-order valence-electron chi connectivity index (χ0n) is 14.8. The molecule has 4 heterocycles. The molecule has 3 aromatic heterocycles. The van der Waals surface area contributed by atoms with E-state index in [-0.39, 0.29) is 11.8 Å². The Hall–Kier alpha value is -2.72. The number of fused-ring (bicyclic) bond motifs is 1. The number of nitrogens with one attached hydrogen (secondary N) is 1. The predicted octanol–water partition coefficient (Wildman–Crippen LogP) is 2.40. The van der Waals surface area contributed by atoms with Crippen molar-refractivity contribution < 1.29 is 14.3 Å². The number of anilines is 1. The van der Waals surface area contributed by atoms with Crippen LogP contribution in [0.5, 0.6) is 5.88 Å². The second-order valence-electron chi connectivity index (χ2n) is 6.06. The van der Waals surface area contributed by atoms with Gasteiger partial charge in [0.05, 0.1) is 24.9 Å². The topological polar surface area (TPSA) is 89.3 Å². The van der Waals surface area contributed by atoms with Gasteiger partial charge in [-0.15, -0.1) is 5.10 Å². The van der Waals surface area contributed by atoms with Crippen molar-refractivity contribution >= 4 is 39.6 Å². The number of nitrogens with zero attached hydrogens (tertiary/aromatic N) is 4. The molecule has 0 unspecified atom stereocenters. The van der Waals surface area contributed by atoms with E-state index < -0.39 is 0 Å². The standard InChI is InChI=1S/C17H17N5O3S2/c1-21-7-11(15(20-21)25-2)16(24)22-5-3-12-13(8-22)27-17(18-12)19-14(23)10-4-6-26-9-10/h4,6-7,9H,3,5,8H2,1-2H3,(H,18,19,23). The monoisotopic (exact) mass is 403 g/mol. The van der Waals surface area contributed by atoms with E-state index >= 15 is 0 Å². The van der Waals surface area contributed by atoms with Gasteiger partial charge in [0, 0.05) is 36.5 Å². The van der Waals surface area contributed by atoms with Crippen molar-refractivity contribution in [3.63, 3.8) is 0 Å². The van der Waals surface area contributed by atoms with E-state index in [1.54, 1.807) is 34.3 Å². The Morgan fingerprint density at radius 3 is 2.96 bits per heavy atom. The fourth-order valence-corrected chi connectivity index (χ4v) is 4.58. The summed E-state index contributed by atoms with van der Waals surface area (Å²) >= 11 is 2.88. The second-order valence-corrected chi connectivity index (χ2v) is 7.92. The van der Waals surface area contributed by atoms with Gasteiger partial charge >= 0.3 is 0 Å². The molecule has 27 heavy (non-hydrogen) atoms. The van der Waals surface area contributed by atoms with Gasteiger partial charge < -0.3 is 9.64 Å². The highest BCUT2D eigenvalue weighted by Gasteiger charge is 2.28. The summed E-state index contributed by atoms with van der Waals surface area (Å²) in [6, 6.07) is 1.77.